The zero-order valence-electron chi connectivity index (χ0n) is 20.4. The van der Waals surface area contributed by atoms with Crippen LogP contribution in [0.15, 0.2) is 76.1 Å². The van der Waals surface area contributed by atoms with Gasteiger partial charge in [-0.25, -0.2) is 13.2 Å². The second kappa shape index (κ2) is 11.7. The summed E-state index contributed by atoms with van der Waals surface area (Å²) in [6.45, 7) is 5.31. The van der Waals surface area contributed by atoms with Crippen LogP contribution in [-0.4, -0.2) is 43.0 Å². The maximum Gasteiger partial charge on any atom is 0.332 e. The van der Waals surface area contributed by atoms with Crippen molar-refractivity contribution in [2.24, 2.45) is 0 Å². The molecule has 1 heterocycles. The first-order valence-electron chi connectivity index (χ1n) is 10.7. The number of H-pyrrole nitrogens is 1. The van der Waals surface area contributed by atoms with E-state index in [4.69, 9.17) is 4.74 Å². The van der Waals surface area contributed by atoms with Crippen molar-refractivity contribution in [1.29, 1.82) is 0 Å². The SMILES string of the molecule is C\C=C/C(=C\C=C\C=C\c1cc(-n2ccc(=O)[nH]c2=O)cc(C(C)(C)CO)c1OC)NS(C)(=O)=O. The van der Waals surface area contributed by atoms with Crippen molar-refractivity contribution in [3.63, 3.8) is 0 Å². The molecule has 0 aliphatic carbocycles. The number of nitrogens with zero attached hydrogens (tertiary/aromatic N) is 1. The highest BCUT2D eigenvalue weighted by Gasteiger charge is 2.26. The lowest BCUT2D eigenvalue weighted by atomic mass is 9.83. The minimum absolute atomic E-state index is 0.164. The van der Waals surface area contributed by atoms with Gasteiger partial charge < -0.3 is 9.84 Å². The molecule has 0 saturated carbocycles. The molecule has 35 heavy (non-hydrogen) atoms. The van der Waals surface area contributed by atoms with Crippen LogP contribution in [0.1, 0.15) is 31.9 Å². The molecule has 3 N–H and O–H groups in total. The maximum absolute atomic E-state index is 12.4. The van der Waals surface area contributed by atoms with Gasteiger partial charge in [-0.05, 0) is 31.2 Å². The number of benzene rings is 1. The van der Waals surface area contributed by atoms with Gasteiger partial charge >= 0.3 is 5.69 Å². The smallest absolute Gasteiger partial charge is 0.332 e. The topological polar surface area (TPSA) is 130 Å². The lowest BCUT2D eigenvalue weighted by molar-refractivity contribution is 0.214. The summed E-state index contributed by atoms with van der Waals surface area (Å²) in [6.07, 6.45) is 14.3. The molecule has 0 spiro atoms. The molecule has 1 aromatic heterocycles. The zero-order chi connectivity index (χ0) is 26.2. The molecule has 0 aliphatic heterocycles. The normalized spacial score (nSPS) is 13.3. The van der Waals surface area contributed by atoms with Crippen LogP contribution in [0.2, 0.25) is 0 Å². The van der Waals surface area contributed by atoms with Crippen molar-refractivity contribution in [3.05, 3.63) is 98.5 Å². The Morgan fingerprint density at radius 3 is 2.51 bits per heavy atom. The van der Waals surface area contributed by atoms with Gasteiger partial charge in [0.15, 0.2) is 0 Å². The lowest BCUT2D eigenvalue weighted by Gasteiger charge is -2.27. The van der Waals surface area contributed by atoms with E-state index in [0.717, 1.165) is 6.26 Å². The van der Waals surface area contributed by atoms with E-state index in [-0.39, 0.29) is 6.61 Å². The molecule has 0 bridgehead atoms. The quantitative estimate of drug-likeness (QED) is 0.429. The average Bonchev–Trinajstić information content (AvgIpc) is 2.77. The fraction of sp³-hybridized carbons (Fsp3) is 0.280. The van der Waals surface area contributed by atoms with Crippen LogP contribution in [0.5, 0.6) is 5.75 Å². The van der Waals surface area contributed by atoms with Gasteiger partial charge in [-0.15, -0.1) is 0 Å². The van der Waals surface area contributed by atoms with Crippen LogP contribution in [0.3, 0.4) is 0 Å². The Balaban J connectivity index is 2.57. The van der Waals surface area contributed by atoms with Crippen molar-refractivity contribution >= 4 is 16.1 Å². The Morgan fingerprint density at radius 2 is 1.94 bits per heavy atom. The van der Waals surface area contributed by atoms with E-state index in [2.05, 4.69) is 9.71 Å². The molecule has 1 aromatic carbocycles. The molecule has 2 aromatic rings. The third kappa shape index (κ3) is 7.69. The van der Waals surface area contributed by atoms with Gasteiger partial charge in [-0.2, -0.15) is 0 Å². The zero-order valence-corrected chi connectivity index (χ0v) is 21.2. The van der Waals surface area contributed by atoms with Crippen molar-refractivity contribution in [2.45, 2.75) is 26.2 Å². The Bertz CT molecular complexity index is 1390. The van der Waals surface area contributed by atoms with Crippen molar-refractivity contribution in [1.82, 2.24) is 14.3 Å². The highest BCUT2D eigenvalue weighted by molar-refractivity contribution is 7.88. The number of aromatic nitrogens is 2. The fourth-order valence-electron chi connectivity index (χ4n) is 3.23. The molecule has 0 unspecified atom stereocenters. The van der Waals surface area contributed by atoms with Crippen LogP contribution in [0.25, 0.3) is 11.8 Å². The first-order valence-corrected chi connectivity index (χ1v) is 12.6. The van der Waals surface area contributed by atoms with E-state index in [0.29, 0.717) is 28.3 Å². The summed E-state index contributed by atoms with van der Waals surface area (Å²) < 4.78 is 32.4. The van der Waals surface area contributed by atoms with Gasteiger partial charge in [0.25, 0.3) is 5.56 Å². The largest absolute Gasteiger partial charge is 0.496 e. The Labute approximate surface area is 204 Å². The Hall–Kier alpha value is -3.63. The molecule has 0 radical (unpaired) electrons. The molecular formula is C25H31N3O6S. The minimum Gasteiger partial charge on any atom is -0.496 e. The van der Waals surface area contributed by atoms with Gasteiger partial charge in [0.2, 0.25) is 10.0 Å². The first-order chi connectivity index (χ1) is 16.4. The number of nitrogens with one attached hydrogen (secondary N) is 2. The summed E-state index contributed by atoms with van der Waals surface area (Å²) in [4.78, 5) is 26.1. The lowest BCUT2D eigenvalue weighted by Crippen LogP contribution is -2.28. The van der Waals surface area contributed by atoms with E-state index in [1.54, 1.807) is 61.6 Å². The number of hydrogen-bond acceptors (Lipinski definition) is 6. The van der Waals surface area contributed by atoms with Crippen LogP contribution in [-0.2, 0) is 15.4 Å². The van der Waals surface area contributed by atoms with Crippen LogP contribution in [0, 0.1) is 0 Å². The molecule has 0 aliphatic rings. The number of aromatic amines is 1. The molecule has 2 rings (SSSR count). The van der Waals surface area contributed by atoms with E-state index >= 15 is 0 Å². The standard InChI is InChI=1S/C25H31N3O6S/c1-6-10-19(27-35(5,32)33)12-9-7-8-11-18-15-20(28-14-13-22(30)26-24(28)31)16-21(23(18)34-4)25(2,3)17-29/h6-16,27,29H,17H2,1-5H3,(H,26,30,31)/b9-7+,10-6-,11-8+,19-12+. The molecule has 9 nitrogen and oxygen atoms in total. The summed E-state index contributed by atoms with van der Waals surface area (Å²) in [5.41, 5.74) is 0.420. The second-order valence-corrected chi connectivity index (χ2v) is 10.1. The maximum atomic E-state index is 12.4. The fourth-order valence-corrected chi connectivity index (χ4v) is 3.80. The van der Waals surface area contributed by atoms with Crippen molar-refractivity contribution < 1.29 is 18.3 Å². The number of methoxy groups -OCH3 is 1. The molecule has 10 heteroatoms. The molecular weight excluding hydrogens is 470 g/mol. The van der Waals surface area contributed by atoms with E-state index in [1.807, 2.05) is 13.8 Å². The van der Waals surface area contributed by atoms with Crippen LogP contribution in [0.4, 0.5) is 0 Å². The number of aliphatic hydroxyl groups is 1. The molecule has 0 fully saturated rings. The molecule has 0 saturated heterocycles. The molecule has 0 atom stereocenters. The number of allylic oxidation sites excluding steroid dienone is 6. The minimum atomic E-state index is -3.41. The van der Waals surface area contributed by atoms with Crippen molar-refractivity contribution in [3.8, 4) is 11.4 Å². The summed E-state index contributed by atoms with van der Waals surface area (Å²) in [5.74, 6) is 0.527. The predicted octanol–water partition coefficient (Wildman–Crippen LogP) is 2.38. The van der Waals surface area contributed by atoms with E-state index in [1.165, 1.54) is 23.9 Å². The number of ether oxygens (including phenoxy) is 1. The number of rotatable bonds is 10. The number of sulfonamides is 1. The summed E-state index contributed by atoms with van der Waals surface area (Å²) in [6, 6.07) is 4.72. The highest BCUT2D eigenvalue weighted by atomic mass is 32.2. The number of hydrogen-bond donors (Lipinski definition) is 3. The van der Waals surface area contributed by atoms with Gasteiger partial charge in [0, 0.05) is 34.5 Å². The third-order valence-corrected chi connectivity index (χ3v) is 5.56. The predicted molar refractivity (Wildman–Crippen MR) is 138 cm³/mol. The second-order valence-electron chi connectivity index (χ2n) is 8.38. The Kier molecular flexibility index (Phi) is 9.21. The van der Waals surface area contributed by atoms with Crippen LogP contribution < -0.4 is 20.7 Å². The summed E-state index contributed by atoms with van der Waals surface area (Å²) in [7, 11) is -1.89. The van der Waals surface area contributed by atoms with Crippen LogP contribution >= 0.6 is 0 Å². The van der Waals surface area contributed by atoms with Gasteiger partial charge in [-0.3, -0.25) is 19.1 Å². The summed E-state index contributed by atoms with van der Waals surface area (Å²) >= 11 is 0. The Morgan fingerprint density at radius 1 is 1.23 bits per heavy atom. The molecule has 188 valence electrons. The highest BCUT2D eigenvalue weighted by Crippen LogP contribution is 2.36. The first kappa shape index (κ1) is 27.6. The van der Waals surface area contributed by atoms with Gasteiger partial charge in [-0.1, -0.05) is 44.2 Å². The average molecular weight is 502 g/mol. The molecule has 0 amide bonds. The van der Waals surface area contributed by atoms with Crippen molar-refractivity contribution in [2.75, 3.05) is 20.0 Å². The number of aliphatic hydroxyl groups excluding tert-OH is 1. The van der Waals surface area contributed by atoms with Gasteiger partial charge in [0.05, 0.1) is 25.7 Å². The van der Waals surface area contributed by atoms with Gasteiger partial charge in [0.1, 0.15) is 5.75 Å². The monoisotopic (exact) mass is 501 g/mol. The van der Waals surface area contributed by atoms with E-state index in [9.17, 15) is 23.1 Å². The third-order valence-electron chi connectivity index (χ3n) is 4.96. The van der Waals surface area contributed by atoms with E-state index < -0.39 is 26.7 Å². The summed E-state index contributed by atoms with van der Waals surface area (Å²) in [5, 5.41) is 9.97.